The largest absolute Gasteiger partial charge is 0.353 e. The van der Waals surface area contributed by atoms with Crippen LogP contribution in [0.3, 0.4) is 0 Å². The van der Waals surface area contributed by atoms with Gasteiger partial charge in [0.2, 0.25) is 15.9 Å². The number of nitrogens with zero attached hydrogens (tertiary/aromatic N) is 1. The van der Waals surface area contributed by atoms with Gasteiger partial charge < -0.3 is 5.32 Å². The fourth-order valence-electron chi connectivity index (χ4n) is 2.31. The van der Waals surface area contributed by atoms with E-state index in [1.54, 1.807) is 0 Å². The topological polar surface area (TPSA) is 66.5 Å². The van der Waals surface area contributed by atoms with E-state index in [-0.39, 0.29) is 23.6 Å². The van der Waals surface area contributed by atoms with Crippen LogP contribution in [0.2, 0.25) is 0 Å². The Hall–Kier alpha value is -0.330. The number of hydrogen-bond donors (Lipinski definition) is 1. The van der Waals surface area contributed by atoms with Crippen LogP contribution in [0.15, 0.2) is 0 Å². The lowest BCUT2D eigenvalue weighted by Gasteiger charge is -2.31. The maximum Gasteiger partial charge on any atom is 0.223 e. The van der Waals surface area contributed by atoms with Gasteiger partial charge >= 0.3 is 0 Å². The molecule has 1 aliphatic heterocycles. The molecule has 1 N–H and O–H groups in total. The van der Waals surface area contributed by atoms with Gasteiger partial charge in [0.25, 0.3) is 0 Å². The highest BCUT2D eigenvalue weighted by Gasteiger charge is 2.33. The number of carbonyl (C=O) groups is 1. The summed E-state index contributed by atoms with van der Waals surface area (Å²) in [6.07, 6.45) is 3.90. The van der Waals surface area contributed by atoms with Crippen molar-refractivity contribution in [3.63, 3.8) is 0 Å². The first-order valence-corrected chi connectivity index (χ1v) is 9.01. The number of alkyl halides is 1. The lowest BCUT2D eigenvalue weighted by atomic mass is 10.1. The molecule has 1 amide bonds. The second kappa shape index (κ2) is 6.41. The number of amides is 1. The van der Waals surface area contributed by atoms with Crippen molar-refractivity contribution in [2.45, 2.75) is 38.1 Å². The van der Waals surface area contributed by atoms with Crippen LogP contribution < -0.4 is 5.32 Å². The van der Waals surface area contributed by atoms with Crippen LogP contribution in [0, 0.1) is 5.92 Å². The normalized spacial score (nSPS) is 22.4. The number of sulfonamides is 1. The van der Waals surface area contributed by atoms with Crippen LogP contribution in [0.4, 0.5) is 0 Å². The summed E-state index contributed by atoms with van der Waals surface area (Å²) in [5.74, 6) is 0.844. The molecule has 1 aliphatic carbocycles. The van der Waals surface area contributed by atoms with Gasteiger partial charge in [0.1, 0.15) is 0 Å². The molecular weight excluding hydrogens is 288 g/mol. The van der Waals surface area contributed by atoms with E-state index in [0.717, 1.165) is 12.8 Å². The van der Waals surface area contributed by atoms with Gasteiger partial charge in [-0.15, -0.1) is 11.6 Å². The van der Waals surface area contributed by atoms with Crippen LogP contribution in [0.1, 0.15) is 32.1 Å². The number of nitrogens with one attached hydrogen (secondary N) is 1. The van der Waals surface area contributed by atoms with E-state index in [1.165, 1.54) is 4.31 Å². The fraction of sp³-hybridized carbons (Fsp3) is 0.917. The minimum absolute atomic E-state index is 0.121. The average Bonchev–Trinajstić information content (AvgIpc) is 3.21. The Labute approximate surface area is 119 Å². The summed E-state index contributed by atoms with van der Waals surface area (Å²) in [7, 11) is -3.17. The van der Waals surface area contributed by atoms with Gasteiger partial charge in [0.05, 0.1) is 5.75 Å². The van der Waals surface area contributed by atoms with E-state index < -0.39 is 10.0 Å². The first kappa shape index (κ1) is 15.1. The Morgan fingerprint density at radius 2 is 1.84 bits per heavy atom. The quantitative estimate of drug-likeness (QED) is 0.743. The molecule has 0 aromatic carbocycles. The Morgan fingerprint density at radius 3 is 2.37 bits per heavy atom. The third-order valence-corrected chi connectivity index (χ3v) is 5.90. The monoisotopic (exact) mass is 308 g/mol. The Balaban J connectivity index is 1.76. The van der Waals surface area contributed by atoms with E-state index in [9.17, 15) is 13.2 Å². The molecule has 1 saturated heterocycles. The van der Waals surface area contributed by atoms with Gasteiger partial charge in [-0.3, -0.25) is 4.79 Å². The van der Waals surface area contributed by atoms with E-state index in [4.69, 9.17) is 11.6 Å². The fourth-order valence-corrected chi connectivity index (χ4v) is 4.14. The number of halogens is 1. The van der Waals surface area contributed by atoms with Gasteiger partial charge in [-0.2, -0.15) is 0 Å². The average molecular weight is 309 g/mol. The Morgan fingerprint density at radius 1 is 1.21 bits per heavy atom. The van der Waals surface area contributed by atoms with E-state index in [0.29, 0.717) is 38.2 Å². The van der Waals surface area contributed by atoms with Gasteiger partial charge in [0.15, 0.2) is 0 Å². The number of piperidine rings is 1. The van der Waals surface area contributed by atoms with Crippen molar-refractivity contribution >= 4 is 27.5 Å². The lowest BCUT2D eigenvalue weighted by molar-refractivity contribution is -0.123. The smallest absolute Gasteiger partial charge is 0.223 e. The summed E-state index contributed by atoms with van der Waals surface area (Å²) in [6, 6.07) is 0.132. The van der Waals surface area contributed by atoms with E-state index in [1.807, 2.05) is 0 Å². The molecule has 110 valence electrons. The van der Waals surface area contributed by atoms with E-state index >= 15 is 0 Å². The summed E-state index contributed by atoms with van der Waals surface area (Å²) >= 11 is 5.53. The van der Waals surface area contributed by atoms with Gasteiger partial charge in [0, 0.05) is 30.9 Å². The van der Waals surface area contributed by atoms with Crippen molar-refractivity contribution in [3.05, 3.63) is 0 Å². The number of hydrogen-bond acceptors (Lipinski definition) is 3. The number of rotatable bonds is 6. The molecule has 0 aromatic rings. The van der Waals surface area contributed by atoms with Crippen molar-refractivity contribution < 1.29 is 13.2 Å². The first-order chi connectivity index (χ1) is 9.03. The molecule has 0 spiro atoms. The summed E-state index contributed by atoms with van der Waals surface area (Å²) in [4.78, 5) is 11.6. The maximum atomic E-state index is 12.0. The summed E-state index contributed by atoms with van der Waals surface area (Å²) < 4.78 is 25.5. The van der Waals surface area contributed by atoms with E-state index in [2.05, 4.69) is 5.32 Å². The second-order valence-electron chi connectivity index (χ2n) is 5.31. The molecular formula is C12H21ClN2O3S. The number of carbonyl (C=O) groups excluding carboxylic acids is 1. The molecule has 0 radical (unpaired) electrons. The third-order valence-electron chi connectivity index (χ3n) is 3.68. The van der Waals surface area contributed by atoms with Gasteiger partial charge in [-0.25, -0.2) is 12.7 Å². The SMILES string of the molecule is O=C(NC1CCN(S(=O)(=O)CCCCl)CC1)C1CC1. The van der Waals surface area contributed by atoms with Crippen molar-refractivity contribution in [2.75, 3.05) is 24.7 Å². The van der Waals surface area contributed by atoms with Crippen LogP contribution in [0.25, 0.3) is 0 Å². The highest BCUT2D eigenvalue weighted by atomic mass is 35.5. The van der Waals surface area contributed by atoms with Gasteiger partial charge in [-0.1, -0.05) is 0 Å². The summed E-state index contributed by atoms with van der Waals surface area (Å²) in [5, 5.41) is 3.01. The minimum Gasteiger partial charge on any atom is -0.353 e. The molecule has 2 aliphatic rings. The zero-order valence-electron chi connectivity index (χ0n) is 11.0. The molecule has 19 heavy (non-hydrogen) atoms. The molecule has 1 heterocycles. The predicted molar refractivity (Wildman–Crippen MR) is 74.6 cm³/mol. The zero-order chi connectivity index (χ0) is 13.9. The zero-order valence-corrected chi connectivity index (χ0v) is 12.5. The summed E-state index contributed by atoms with van der Waals surface area (Å²) in [5.41, 5.74) is 0. The molecule has 0 aromatic heterocycles. The molecule has 1 saturated carbocycles. The highest BCUT2D eigenvalue weighted by Crippen LogP contribution is 2.29. The first-order valence-electron chi connectivity index (χ1n) is 6.87. The standard InChI is InChI=1S/C12H21ClN2O3S/c13-6-1-9-19(17,18)15-7-4-11(5-8-15)14-12(16)10-2-3-10/h10-11H,1-9H2,(H,14,16). The van der Waals surface area contributed by atoms with Crippen LogP contribution in [0.5, 0.6) is 0 Å². The van der Waals surface area contributed by atoms with Crippen molar-refractivity contribution in [1.29, 1.82) is 0 Å². The molecule has 2 fully saturated rings. The van der Waals surface area contributed by atoms with Crippen molar-refractivity contribution in [1.82, 2.24) is 9.62 Å². The minimum atomic E-state index is -3.17. The third kappa shape index (κ3) is 4.33. The Kier molecular flexibility index (Phi) is 5.09. The van der Waals surface area contributed by atoms with Gasteiger partial charge in [-0.05, 0) is 32.1 Å². The van der Waals surface area contributed by atoms with Crippen LogP contribution in [-0.4, -0.2) is 49.4 Å². The molecule has 0 bridgehead atoms. The molecule has 2 rings (SSSR count). The van der Waals surface area contributed by atoms with Crippen LogP contribution in [-0.2, 0) is 14.8 Å². The Bertz CT molecular complexity index is 415. The molecule has 5 nitrogen and oxygen atoms in total. The summed E-state index contributed by atoms with van der Waals surface area (Å²) in [6.45, 7) is 1.00. The van der Waals surface area contributed by atoms with Crippen molar-refractivity contribution in [3.8, 4) is 0 Å². The van der Waals surface area contributed by atoms with Crippen molar-refractivity contribution in [2.24, 2.45) is 5.92 Å². The molecule has 0 unspecified atom stereocenters. The lowest BCUT2D eigenvalue weighted by Crippen LogP contribution is -2.47. The van der Waals surface area contributed by atoms with Crippen LogP contribution >= 0.6 is 11.6 Å². The molecule has 0 atom stereocenters. The second-order valence-corrected chi connectivity index (χ2v) is 7.78. The maximum absolute atomic E-state index is 12.0. The predicted octanol–water partition coefficient (Wildman–Crippen LogP) is 0.936. The highest BCUT2D eigenvalue weighted by molar-refractivity contribution is 7.89. The molecule has 7 heteroatoms.